The SMILES string of the molecule is CCN(CC1CCC1)c1nc(NN)ncc1Br. The van der Waals surface area contributed by atoms with Crippen LogP contribution < -0.4 is 16.2 Å². The average molecular weight is 300 g/mol. The highest BCUT2D eigenvalue weighted by Crippen LogP contribution is 2.30. The molecule has 1 aromatic heterocycles. The van der Waals surface area contributed by atoms with E-state index in [0.29, 0.717) is 5.95 Å². The van der Waals surface area contributed by atoms with Crippen LogP contribution in [0.25, 0.3) is 0 Å². The second-order valence-corrected chi connectivity index (χ2v) is 5.20. The summed E-state index contributed by atoms with van der Waals surface area (Å²) in [6.07, 6.45) is 5.77. The molecule has 0 aromatic carbocycles. The van der Waals surface area contributed by atoms with Gasteiger partial charge in [0.05, 0.1) is 4.47 Å². The summed E-state index contributed by atoms with van der Waals surface area (Å²) < 4.78 is 0.915. The molecule has 3 N–H and O–H groups in total. The standard InChI is InChI=1S/C11H18BrN5/c1-2-17(7-8-4-3-5-8)10-9(12)6-14-11(15-10)16-13/h6,8H,2-5,7,13H2,1H3,(H,14,15,16). The van der Waals surface area contributed by atoms with Gasteiger partial charge in [-0.05, 0) is 41.6 Å². The van der Waals surface area contributed by atoms with Gasteiger partial charge in [-0.2, -0.15) is 4.98 Å². The van der Waals surface area contributed by atoms with Crippen molar-refractivity contribution in [3.63, 3.8) is 0 Å². The first-order valence-corrected chi connectivity index (χ1v) is 6.78. The lowest BCUT2D eigenvalue weighted by atomic mass is 9.85. The van der Waals surface area contributed by atoms with E-state index >= 15 is 0 Å². The summed E-state index contributed by atoms with van der Waals surface area (Å²) in [6.45, 7) is 4.15. The summed E-state index contributed by atoms with van der Waals surface area (Å²) in [7, 11) is 0. The maximum absolute atomic E-state index is 5.34. The van der Waals surface area contributed by atoms with Gasteiger partial charge in [-0.25, -0.2) is 10.8 Å². The van der Waals surface area contributed by atoms with Crippen LogP contribution in [0.5, 0.6) is 0 Å². The van der Waals surface area contributed by atoms with Crippen molar-refractivity contribution in [2.24, 2.45) is 11.8 Å². The largest absolute Gasteiger partial charge is 0.356 e. The van der Waals surface area contributed by atoms with Crippen LogP contribution in [0.1, 0.15) is 26.2 Å². The van der Waals surface area contributed by atoms with E-state index in [1.165, 1.54) is 19.3 Å². The number of rotatable bonds is 5. The topological polar surface area (TPSA) is 67.1 Å². The lowest BCUT2D eigenvalue weighted by molar-refractivity contribution is 0.318. The predicted octanol–water partition coefficient (Wildman–Crippen LogP) is 2.15. The molecule has 1 aliphatic carbocycles. The Bertz CT molecular complexity index is 380. The van der Waals surface area contributed by atoms with Gasteiger partial charge < -0.3 is 4.90 Å². The van der Waals surface area contributed by atoms with Crippen molar-refractivity contribution < 1.29 is 0 Å². The van der Waals surface area contributed by atoms with Crippen LogP contribution in [-0.4, -0.2) is 23.1 Å². The predicted molar refractivity (Wildman–Crippen MR) is 72.8 cm³/mol. The summed E-state index contributed by atoms with van der Waals surface area (Å²) in [4.78, 5) is 10.7. The fourth-order valence-corrected chi connectivity index (χ4v) is 2.44. The molecule has 5 nitrogen and oxygen atoms in total. The minimum Gasteiger partial charge on any atom is -0.356 e. The summed E-state index contributed by atoms with van der Waals surface area (Å²) in [5.74, 6) is 7.52. The lowest BCUT2D eigenvalue weighted by Crippen LogP contribution is -2.33. The van der Waals surface area contributed by atoms with Gasteiger partial charge in [-0.3, -0.25) is 5.43 Å². The number of nitrogens with zero attached hydrogens (tertiary/aromatic N) is 3. The number of hydrogen-bond acceptors (Lipinski definition) is 5. The first-order valence-electron chi connectivity index (χ1n) is 5.98. The number of aromatic nitrogens is 2. The molecule has 0 radical (unpaired) electrons. The van der Waals surface area contributed by atoms with E-state index in [9.17, 15) is 0 Å². The van der Waals surface area contributed by atoms with Crippen LogP contribution in [-0.2, 0) is 0 Å². The Kier molecular flexibility index (Phi) is 4.17. The van der Waals surface area contributed by atoms with Crippen LogP contribution in [0.15, 0.2) is 10.7 Å². The molecule has 6 heteroatoms. The minimum absolute atomic E-state index is 0.454. The Morgan fingerprint density at radius 2 is 2.35 bits per heavy atom. The van der Waals surface area contributed by atoms with E-state index in [4.69, 9.17) is 5.84 Å². The first kappa shape index (κ1) is 12.6. The second-order valence-electron chi connectivity index (χ2n) is 4.35. The summed E-state index contributed by atoms with van der Waals surface area (Å²) >= 11 is 3.50. The molecular formula is C11H18BrN5. The molecule has 0 atom stereocenters. The van der Waals surface area contributed by atoms with Crippen molar-refractivity contribution in [1.82, 2.24) is 9.97 Å². The van der Waals surface area contributed by atoms with Crippen molar-refractivity contribution in [1.29, 1.82) is 0 Å². The zero-order valence-corrected chi connectivity index (χ0v) is 11.6. The number of nitrogens with one attached hydrogen (secondary N) is 1. The van der Waals surface area contributed by atoms with Crippen molar-refractivity contribution in [2.45, 2.75) is 26.2 Å². The Balaban J connectivity index is 2.15. The molecule has 94 valence electrons. The Morgan fingerprint density at radius 3 is 2.88 bits per heavy atom. The number of hydrazine groups is 1. The van der Waals surface area contributed by atoms with E-state index in [2.05, 4.69) is 43.1 Å². The molecule has 1 aromatic rings. The number of nitrogens with two attached hydrogens (primary N) is 1. The van der Waals surface area contributed by atoms with E-state index in [1.807, 2.05) is 0 Å². The molecule has 0 spiro atoms. The molecule has 1 heterocycles. The Morgan fingerprint density at radius 1 is 1.59 bits per heavy atom. The van der Waals surface area contributed by atoms with Crippen molar-refractivity contribution >= 4 is 27.7 Å². The average Bonchev–Trinajstić information content (AvgIpc) is 2.29. The van der Waals surface area contributed by atoms with Gasteiger partial charge in [-0.1, -0.05) is 6.42 Å². The zero-order chi connectivity index (χ0) is 12.3. The number of hydrogen-bond donors (Lipinski definition) is 2. The third kappa shape index (κ3) is 2.87. The van der Waals surface area contributed by atoms with Gasteiger partial charge in [0.2, 0.25) is 5.95 Å². The van der Waals surface area contributed by atoms with Crippen LogP contribution in [0, 0.1) is 5.92 Å². The van der Waals surface area contributed by atoms with Gasteiger partial charge >= 0.3 is 0 Å². The molecule has 17 heavy (non-hydrogen) atoms. The molecule has 1 aliphatic rings. The van der Waals surface area contributed by atoms with Crippen LogP contribution in [0.3, 0.4) is 0 Å². The molecule has 0 amide bonds. The molecule has 0 unspecified atom stereocenters. The van der Waals surface area contributed by atoms with Crippen LogP contribution in [0.4, 0.5) is 11.8 Å². The molecule has 1 saturated carbocycles. The summed E-state index contributed by atoms with van der Waals surface area (Å²) in [5.41, 5.74) is 2.49. The molecule has 1 fully saturated rings. The van der Waals surface area contributed by atoms with E-state index < -0.39 is 0 Å². The fraction of sp³-hybridized carbons (Fsp3) is 0.636. The van der Waals surface area contributed by atoms with Gasteiger partial charge in [0, 0.05) is 19.3 Å². The van der Waals surface area contributed by atoms with Gasteiger partial charge in [0.15, 0.2) is 0 Å². The third-order valence-electron chi connectivity index (χ3n) is 3.24. The number of anilines is 2. The van der Waals surface area contributed by atoms with Crippen LogP contribution in [0.2, 0.25) is 0 Å². The molecular weight excluding hydrogens is 282 g/mol. The summed E-state index contributed by atoms with van der Waals surface area (Å²) in [6, 6.07) is 0. The van der Waals surface area contributed by atoms with Crippen molar-refractivity contribution in [3.8, 4) is 0 Å². The molecule has 0 bridgehead atoms. The van der Waals surface area contributed by atoms with Crippen molar-refractivity contribution in [2.75, 3.05) is 23.4 Å². The van der Waals surface area contributed by atoms with Crippen molar-refractivity contribution in [3.05, 3.63) is 10.7 Å². The van der Waals surface area contributed by atoms with E-state index in [1.54, 1.807) is 6.20 Å². The van der Waals surface area contributed by atoms with E-state index in [-0.39, 0.29) is 0 Å². The number of halogens is 1. The quantitative estimate of drug-likeness (QED) is 0.644. The zero-order valence-electron chi connectivity index (χ0n) is 9.99. The highest BCUT2D eigenvalue weighted by atomic mass is 79.9. The second kappa shape index (κ2) is 5.64. The Hall–Kier alpha value is -0.880. The number of nitrogen functional groups attached to an aromatic ring is 1. The summed E-state index contributed by atoms with van der Waals surface area (Å²) in [5, 5.41) is 0. The first-order chi connectivity index (χ1) is 8.24. The monoisotopic (exact) mass is 299 g/mol. The third-order valence-corrected chi connectivity index (χ3v) is 3.80. The maximum atomic E-state index is 5.34. The minimum atomic E-state index is 0.454. The smallest absolute Gasteiger partial charge is 0.239 e. The molecule has 0 aliphatic heterocycles. The Labute approximate surface area is 110 Å². The molecule has 0 saturated heterocycles. The van der Waals surface area contributed by atoms with Gasteiger partial charge in [0.1, 0.15) is 5.82 Å². The van der Waals surface area contributed by atoms with E-state index in [0.717, 1.165) is 29.3 Å². The molecule has 2 rings (SSSR count). The fourth-order valence-electron chi connectivity index (χ4n) is 2.00. The van der Waals surface area contributed by atoms with Gasteiger partial charge in [-0.15, -0.1) is 0 Å². The normalized spacial score (nSPS) is 15.5. The highest BCUT2D eigenvalue weighted by Gasteiger charge is 2.22. The van der Waals surface area contributed by atoms with Crippen LogP contribution >= 0.6 is 15.9 Å². The maximum Gasteiger partial charge on any atom is 0.239 e. The lowest BCUT2D eigenvalue weighted by Gasteiger charge is -2.32. The van der Waals surface area contributed by atoms with Gasteiger partial charge in [0.25, 0.3) is 0 Å². The highest BCUT2D eigenvalue weighted by molar-refractivity contribution is 9.10.